The van der Waals surface area contributed by atoms with Crippen LogP contribution in [-0.2, 0) is 0 Å². The van der Waals surface area contributed by atoms with Crippen LogP contribution in [0.25, 0.3) is 11.0 Å². The second kappa shape index (κ2) is 4.90. The maximum absolute atomic E-state index is 4.23. The number of aromatic nitrogens is 2. The zero-order valence-corrected chi connectivity index (χ0v) is 9.66. The maximum Gasteiger partial charge on any atom is 0.0899 e. The second-order valence-corrected chi connectivity index (χ2v) is 3.79. The summed E-state index contributed by atoms with van der Waals surface area (Å²) in [5.74, 6) is 6.16. The van der Waals surface area contributed by atoms with E-state index in [1.165, 1.54) is 0 Å². The van der Waals surface area contributed by atoms with E-state index >= 15 is 0 Å². The molecular weight excluding hydrogens is 252 g/mol. The molecule has 0 atom stereocenters. The van der Waals surface area contributed by atoms with Crippen molar-refractivity contribution >= 4 is 27.0 Å². The third kappa shape index (κ3) is 2.54. The molecule has 0 unspecified atom stereocenters. The first-order valence-corrected chi connectivity index (χ1v) is 5.78. The molecule has 1 heterocycles. The van der Waals surface area contributed by atoms with Gasteiger partial charge in [0.1, 0.15) is 0 Å². The molecule has 0 fully saturated rings. The van der Waals surface area contributed by atoms with Gasteiger partial charge in [-0.15, -0.1) is 0 Å². The highest BCUT2D eigenvalue weighted by atomic mass is 79.9. The van der Waals surface area contributed by atoms with E-state index in [1.807, 2.05) is 18.2 Å². The fraction of sp³-hybridized carbons (Fsp3) is 0.167. The number of halogens is 1. The first-order chi connectivity index (χ1) is 7.40. The molecule has 1 aromatic carbocycles. The molecule has 2 nitrogen and oxygen atoms in total. The predicted octanol–water partition coefficient (Wildman–Crippen LogP) is 2.77. The van der Waals surface area contributed by atoms with Gasteiger partial charge < -0.3 is 0 Å². The van der Waals surface area contributed by atoms with Crippen molar-refractivity contribution in [3.05, 3.63) is 36.2 Å². The highest BCUT2D eigenvalue weighted by Gasteiger charge is 1.94. The van der Waals surface area contributed by atoms with Gasteiger partial charge in [-0.25, -0.2) is 0 Å². The standard InChI is InChI=1S/C12H9BrN2/c13-6-2-1-3-10-4-5-11-12(9-10)15-8-7-14-11/h4-5,7-9H,2,6H2. The van der Waals surface area contributed by atoms with Crippen molar-refractivity contribution in [3.63, 3.8) is 0 Å². The van der Waals surface area contributed by atoms with Crippen LogP contribution in [0.3, 0.4) is 0 Å². The molecule has 0 bridgehead atoms. The second-order valence-electron chi connectivity index (χ2n) is 3.00. The van der Waals surface area contributed by atoms with Gasteiger partial charge >= 0.3 is 0 Å². The Labute approximate surface area is 96.9 Å². The minimum absolute atomic E-state index is 0.860. The number of hydrogen-bond acceptors (Lipinski definition) is 2. The topological polar surface area (TPSA) is 25.8 Å². The monoisotopic (exact) mass is 260 g/mol. The molecule has 0 radical (unpaired) electrons. The Morgan fingerprint density at radius 3 is 2.73 bits per heavy atom. The predicted molar refractivity (Wildman–Crippen MR) is 64.8 cm³/mol. The summed E-state index contributed by atoms with van der Waals surface area (Å²) >= 11 is 3.34. The van der Waals surface area contributed by atoms with Gasteiger partial charge in [-0.1, -0.05) is 27.8 Å². The average molecular weight is 261 g/mol. The molecule has 74 valence electrons. The molecule has 0 N–H and O–H groups in total. The molecule has 0 amide bonds. The van der Waals surface area contributed by atoms with Crippen molar-refractivity contribution in [1.29, 1.82) is 0 Å². The van der Waals surface area contributed by atoms with Gasteiger partial charge in [-0.05, 0) is 18.2 Å². The molecule has 1 aromatic heterocycles. The van der Waals surface area contributed by atoms with Crippen LogP contribution in [-0.4, -0.2) is 15.3 Å². The lowest BCUT2D eigenvalue weighted by molar-refractivity contribution is 1.29. The van der Waals surface area contributed by atoms with Crippen LogP contribution in [0.15, 0.2) is 30.6 Å². The number of nitrogens with zero attached hydrogens (tertiary/aromatic N) is 2. The lowest BCUT2D eigenvalue weighted by atomic mass is 10.2. The summed E-state index contributed by atoms with van der Waals surface area (Å²) in [5, 5.41) is 0.910. The largest absolute Gasteiger partial charge is 0.253 e. The zero-order valence-electron chi connectivity index (χ0n) is 8.07. The Morgan fingerprint density at radius 1 is 1.13 bits per heavy atom. The van der Waals surface area contributed by atoms with E-state index in [0.29, 0.717) is 0 Å². The van der Waals surface area contributed by atoms with E-state index in [2.05, 4.69) is 37.7 Å². The van der Waals surface area contributed by atoms with E-state index in [1.54, 1.807) is 12.4 Å². The highest BCUT2D eigenvalue weighted by molar-refractivity contribution is 9.09. The summed E-state index contributed by atoms with van der Waals surface area (Å²) in [4.78, 5) is 8.43. The van der Waals surface area contributed by atoms with Crippen LogP contribution < -0.4 is 0 Å². The van der Waals surface area contributed by atoms with Crippen LogP contribution >= 0.6 is 15.9 Å². The Hall–Kier alpha value is -1.40. The molecule has 0 aliphatic heterocycles. The van der Waals surface area contributed by atoms with Gasteiger partial charge in [-0.2, -0.15) is 0 Å². The van der Waals surface area contributed by atoms with Crippen molar-refractivity contribution in [2.45, 2.75) is 6.42 Å². The van der Waals surface area contributed by atoms with Gasteiger partial charge in [-0.3, -0.25) is 9.97 Å². The number of alkyl halides is 1. The van der Waals surface area contributed by atoms with Crippen molar-refractivity contribution < 1.29 is 0 Å². The molecule has 2 rings (SSSR count). The minimum Gasteiger partial charge on any atom is -0.253 e. The van der Waals surface area contributed by atoms with Gasteiger partial charge in [0.25, 0.3) is 0 Å². The number of benzene rings is 1. The summed E-state index contributed by atoms with van der Waals surface area (Å²) in [7, 11) is 0. The normalized spacial score (nSPS) is 9.67. The smallest absolute Gasteiger partial charge is 0.0899 e. The maximum atomic E-state index is 4.23. The van der Waals surface area contributed by atoms with E-state index < -0.39 is 0 Å². The van der Waals surface area contributed by atoms with Crippen molar-refractivity contribution in [2.24, 2.45) is 0 Å². The van der Waals surface area contributed by atoms with E-state index in [0.717, 1.165) is 28.3 Å². The molecule has 0 saturated heterocycles. The SMILES string of the molecule is BrCCC#Cc1ccc2nccnc2c1. The Morgan fingerprint density at radius 2 is 1.93 bits per heavy atom. The van der Waals surface area contributed by atoms with Crippen molar-refractivity contribution in [2.75, 3.05) is 5.33 Å². The number of hydrogen-bond donors (Lipinski definition) is 0. The molecule has 0 saturated carbocycles. The number of rotatable bonds is 1. The van der Waals surface area contributed by atoms with Gasteiger partial charge in [0.05, 0.1) is 11.0 Å². The zero-order chi connectivity index (χ0) is 10.5. The molecule has 3 heteroatoms. The summed E-state index contributed by atoms with van der Waals surface area (Å²) in [5.41, 5.74) is 2.79. The van der Waals surface area contributed by atoms with E-state index in [-0.39, 0.29) is 0 Å². The molecule has 0 aliphatic rings. The lowest BCUT2D eigenvalue weighted by Gasteiger charge is -1.95. The Balaban J connectivity index is 2.36. The lowest BCUT2D eigenvalue weighted by Crippen LogP contribution is -1.83. The van der Waals surface area contributed by atoms with Crippen molar-refractivity contribution in [3.8, 4) is 11.8 Å². The summed E-state index contributed by atoms with van der Waals surface area (Å²) in [6.07, 6.45) is 4.25. The Kier molecular flexibility index (Phi) is 3.31. The summed E-state index contributed by atoms with van der Waals surface area (Å²) in [6, 6.07) is 5.88. The fourth-order valence-corrected chi connectivity index (χ4v) is 1.45. The van der Waals surface area contributed by atoms with Crippen LogP contribution in [0.1, 0.15) is 12.0 Å². The van der Waals surface area contributed by atoms with Gasteiger partial charge in [0, 0.05) is 29.7 Å². The van der Waals surface area contributed by atoms with Crippen molar-refractivity contribution in [1.82, 2.24) is 9.97 Å². The van der Waals surface area contributed by atoms with Crippen LogP contribution in [0.4, 0.5) is 0 Å². The quantitative estimate of drug-likeness (QED) is 0.582. The van der Waals surface area contributed by atoms with E-state index in [9.17, 15) is 0 Å². The van der Waals surface area contributed by atoms with Gasteiger partial charge in [0.2, 0.25) is 0 Å². The van der Waals surface area contributed by atoms with Gasteiger partial charge in [0.15, 0.2) is 0 Å². The molecule has 0 spiro atoms. The first-order valence-electron chi connectivity index (χ1n) is 4.66. The first kappa shape index (κ1) is 10.1. The summed E-state index contributed by atoms with van der Waals surface area (Å²) in [6.45, 7) is 0. The molecule has 0 aliphatic carbocycles. The fourth-order valence-electron chi connectivity index (χ4n) is 1.25. The average Bonchev–Trinajstić information content (AvgIpc) is 2.29. The van der Waals surface area contributed by atoms with Crippen LogP contribution in [0.2, 0.25) is 0 Å². The summed E-state index contributed by atoms with van der Waals surface area (Å²) < 4.78 is 0. The third-order valence-electron chi connectivity index (χ3n) is 1.92. The van der Waals surface area contributed by atoms with Crippen LogP contribution in [0, 0.1) is 11.8 Å². The molecule has 15 heavy (non-hydrogen) atoms. The highest BCUT2D eigenvalue weighted by Crippen LogP contribution is 2.09. The number of fused-ring (bicyclic) bond motifs is 1. The minimum atomic E-state index is 0.860. The Bertz CT molecular complexity index is 526. The molecule has 2 aromatic rings. The molecular formula is C12H9BrN2. The van der Waals surface area contributed by atoms with Crippen LogP contribution in [0.5, 0.6) is 0 Å². The third-order valence-corrected chi connectivity index (χ3v) is 2.32. The van der Waals surface area contributed by atoms with E-state index in [4.69, 9.17) is 0 Å².